The van der Waals surface area contributed by atoms with Crippen LogP contribution in [0, 0.1) is 6.92 Å². The highest BCUT2D eigenvalue weighted by Gasteiger charge is 2.08. The number of rotatable bonds is 18. The van der Waals surface area contributed by atoms with E-state index >= 15 is 0 Å². The van der Waals surface area contributed by atoms with Gasteiger partial charge in [-0.3, -0.25) is 14.6 Å². The normalized spacial score (nSPS) is 12.2. The van der Waals surface area contributed by atoms with E-state index in [1.807, 2.05) is 13.0 Å². The Morgan fingerprint density at radius 3 is 1.97 bits per heavy atom. The van der Waals surface area contributed by atoms with Crippen molar-refractivity contribution in [2.45, 2.75) is 78.1 Å². The number of allylic oxidation sites excluding steroid dienone is 10. The molecule has 1 aromatic rings. The first-order chi connectivity index (χ1) is 16.6. The molecule has 0 radical (unpaired) electrons. The second-order valence-electron chi connectivity index (χ2n) is 8.19. The first-order valence-corrected chi connectivity index (χ1v) is 12.6. The minimum Gasteiger partial charge on any atom is -0.352 e. The van der Waals surface area contributed by atoms with Gasteiger partial charge < -0.3 is 5.32 Å². The van der Waals surface area contributed by atoms with Gasteiger partial charge in [0.2, 0.25) is 0 Å². The lowest BCUT2D eigenvalue weighted by Crippen LogP contribution is -2.25. The van der Waals surface area contributed by atoms with Crippen LogP contribution in [-0.4, -0.2) is 23.2 Å². The van der Waals surface area contributed by atoms with Crippen LogP contribution in [-0.2, 0) is 4.79 Å². The first kappa shape index (κ1) is 29.0. The SMILES string of the molecule is CC/C=C\C/C=C\C/C=C\C/C=C\C/C=C\CCCC(=O)CCCNC(=O)c1cnccc1C. The smallest absolute Gasteiger partial charge is 0.253 e. The van der Waals surface area contributed by atoms with E-state index in [2.05, 4.69) is 78.0 Å². The molecule has 4 nitrogen and oxygen atoms in total. The summed E-state index contributed by atoms with van der Waals surface area (Å²) in [6.45, 7) is 4.54. The highest BCUT2D eigenvalue weighted by Crippen LogP contribution is 2.06. The van der Waals surface area contributed by atoms with E-state index in [0.29, 0.717) is 31.4 Å². The second kappa shape index (κ2) is 20.6. The number of carbonyl (C=O) groups is 2. The number of hydrogen-bond acceptors (Lipinski definition) is 3. The van der Waals surface area contributed by atoms with E-state index in [0.717, 1.165) is 50.5 Å². The van der Waals surface area contributed by atoms with Crippen LogP contribution < -0.4 is 5.32 Å². The van der Waals surface area contributed by atoms with Gasteiger partial charge >= 0.3 is 0 Å². The number of amides is 1. The quantitative estimate of drug-likeness (QED) is 0.183. The number of pyridine rings is 1. The maximum absolute atomic E-state index is 12.1. The number of carbonyl (C=O) groups excluding carboxylic acids is 2. The number of nitrogens with one attached hydrogen (secondary N) is 1. The van der Waals surface area contributed by atoms with E-state index < -0.39 is 0 Å². The van der Waals surface area contributed by atoms with Gasteiger partial charge in [0.25, 0.3) is 5.91 Å². The number of aromatic nitrogens is 1. The molecule has 0 aliphatic rings. The third-order valence-corrected chi connectivity index (χ3v) is 5.19. The van der Waals surface area contributed by atoms with Crippen LogP contribution in [0.2, 0.25) is 0 Å². The predicted octanol–water partition coefficient (Wildman–Crippen LogP) is 7.39. The third kappa shape index (κ3) is 15.7. The van der Waals surface area contributed by atoms with Crippen molar-refractivity contribution in [1.82, 2.24) is 10.3 Å². The van der Waals surface area contributed by atoms with Crippen molar-refractivity contribution in [3.63, 3.8) is 0 Å². The molecular formula is C30H42N2O2. The summed E-state index contributed by atoms with van der Waals surface area (Å²) < 4.78 is 0. The zero-order valence-corrected chi connectivity index (χ0v) is 21.0. The maximum atomic E-state index is 12.1. The van der Waals surface area contributed by atoms with E-state index in [4.69, 9.17) is 0 Å². The molecule has 0 atom stereocenters. The van der Waals surface area contributed by atoms with Gasteiger partial charge in [0.15, 0.2) is 0 Å². The highest BCUT2D eigenvalue weighted by atomic mass is 16.1. The molecular weight excluding hydrogens is 420 g/mol. The Labute approximate surface area is 206 Å². The molecule has 0 unspecified atom stereocenters. The zero-order valence-electron chi connectivity index (χ0n) is 21.0. The van der Waals surface area contributed by atoms with Crippen molar-refractivity contribution in [1.29, 1.82) is 0 Å². The fourth-order valence-corrected chi connectivity index (χ4v) is 3.20. The van der Waals surface area contributed by atoms with Crippen LogP contribution in [0.3, 0.4) is 0 Å². The van der Waals surface area contributed by atoms with Crippen molar-refractivity contribution >= 4 is 11.7 Å². The molecule has 0 aliphatic carbocycles. The maximum Gasteiger partial charge on any atom is 0.253 e. The van der Waals surface area contributed by atoms with Crippen molar-refractivity contribution in [3.05, 3.63) is 90.3 Å². The van der Waals surface area contributed by atoms with Crippen LogP contribution in [0.25, 0.3) is 0 Å². The Balaban J connectivity index is 1.98. The highest BCUT2D eigenvalue weighted by molar-refractivity contribution is 5.95. The van der Waals surface area contributed by atoms with Crippen LogP contribution >= 0.6 is 0 Å². The number of aryl methyl sites for hydroxylation is 1. The molecule has 0 aromatic carbocycles. The summed E-state index contributed by atoms with van der Waals surface area (Å²) in [7, 11) is 0. The fraction of sp³-hybridized carbons (Fsp3) is 0.433. The van der Waals surface area contributed by atoms with E-state index in [9.17, 15) is 9.59 Å². The Bertz CT molecular complexity index is 847. The van der Waals surface area contributed by atoms with Gasteiger partial charge in [-0.25, -0.2) is 0 Å². The molecule has 34 heavy (non-hydrogen) atoms. The molecule has 1 N–H and O–H groups in total. The molecule has 1 heterocycles. The van der Waals surface area contributed by atoms with Crippen LogP contribution in [0.5, 0.6) is 0 Å². The standard InChI is InChI=1S/C30H42N2O2/c1-3-4-5-6-7-8-9-10-11-12-13-14-15-16-17-18-19-21-28(33)22-20-24-32-30(34)29-26-31-25-23-27(29)2/h4-5,7-8,10-11,13-14,16-17,23,25-26H,3,6,9,12,15,18-22,24H2,1-2H3,(H,32,34)/b5-4-,8-7-,11-10-,14-13-,17-16-. The summed E-state index contributed by atoms with van der Waals surface area (Å²) in [4.78, 5) is 28.1. The van der Waals surface area contributed by atoms with Crippen molar-refractivity contribution in [2.75, 3.05) is 6.54 Å². The number of Topliss-reactive ketones (excluding diaryl/α,β-unsaturated/α-hetero) is 1. The minimum atomic E-state index is -0.128. The van der Waals surface area contributed by atoms with Gasteiger partial charge in [-0.15, -0.1) is 0 Å². The molecule has 1 aromatic heterocycles. The molecule has 184 valence electrons. The third-order valence-electron chi connectivity index (χ3n) is 5.19. The van der Waals surface area contributed by atoms with Crippen LogP contribution in [0.15, 0.2) is 79.2 Å². The lowest BCUT2D eigenvalue weighted by Gasteiger charge is -2.06. The molecule has 0 saturated heterocycles. The zero-order chi connectivity index (χ0) is 24.7. The number of nitrogens with zero attached hydrogens (tertiary/aromatic N) is 1. The van der Waals surface area contributed by atoms with Crippen molar-refractivity contribution < 1.29 is 9.59 Å². The lowest BCUT2D eigenvalue weighted by atomic mass is 10.1. The van der Waals surface area contributed by atoms with Crippen molar-refractivity contribution in [2.24, 2.45) is 0 Å². The van der Waals surface area contributed by atoms with Gasteiger partial charge in [0.05, 0.1) is 5.56 Å². The van der Waals surface area contributed by atoms with Gasteiger partial charge in [0, 0.05) is 31.8 Å². The number of hydrogen-bond donors (Lipinski definition) is 1. The Morgan fingerprint density at radius 1 is 0.824 bits per heavy atom. The van der Waals surface area contributed by atoms with Gasteiger partial charge in [-0.1, -0.05) is 67.7 Å². The minimum absolute atomic E-state index is 0.128. The van der Waals surface area contributed by atoms with E-state index in [1.165, 1.54) is 0 Å². The molecule has 4 heteroatoms. The summed E-state index contributed by atoms with van der Waals surface area (Å²) in [5.41, 5.74) is 1.49. The molecule has 0 spiro atoms. The van der Waals surface area contributed by atoms with Crippen LogP contribution in [0.1, 0.15) is 87.1 Å². The van der Waals surface area contributed by atoms with Gasteiger partial charge in [-0.2, -0.15) is 0 Å². The molecule has 1 amide bonds. The molecule has 0 aliphatic heterocycles. The van der Waals surface area contributed by atoms with E-state index in [-0.39, 0.29) is 11.7 Å². The summed E-state index contributed by atoms with van der Waals surface area (Å²) in [6, 6.07) is 1.82. The predicted molar refractivity (Wildman–Crippen MR) is 144 cm³/mol. The topological polar surface area (TPSA) is 59.1 Å². The molecule has 0 bridgehead atoms. The average Bonchev–Trinajstić information content (AvgIpc) is 2.84. The largest absolute Gasteiger partial charge is 0.352 e. The first-order valence-electron chi connectivity index (χ1n) is 12.6. The van der Waals surface area contributed by atoms with Gasteiger partial charge in [0.1, 0.15) is 5.78 Å². The summed E-state index contributed by atoms with van der Waals surface area (Å²) in [5.74, 6) is 0.135. The number of unbranched alkanes of at least 4 members (excludes halogenated alkanes) is 1. The molecule has 0 fully saturated rings. The summed E-state index contributed by atoms with van der Waals surface area (Å²) in [6.07, 6.45) is 33.7. The lowest BCUT2D eigenvalue weighted by molar-refractivity contribution is -0.119. The fourth-order valence-electron chi connectivity index (χ4n) is 3.20. The number of ketones is 1. The Kier molecular flexibility index (Phi) is 17.6. The monoisotopic (exact) mass is 462 g/mol. The average molecular weight is 463 g/mol. The van der Waals surface area contributed by atoms with Crippen molar-refractivity contribution in [3.8, 4) is 0 Å². The summed E-state index contributed by atoms with van der Waals surface area (Å²) >= 11 is 0. The molecule has 0 saturated carbocycles. The van der Waals surface area contributed by atoms with Crippen LogP contribution in [0.4, 0.5) is 0 Å². The Hall–Kier alpha value is -3.01. The Morgan fingerprint density at radius 2 is 1.38 bits per heavy atom. The summed E-state index contributed by atoms with van der Waals surface area (Å²) in [5, 5.41) is 2.86. The molecule has 1 rings (SSSR count). The van der Waals surface area contributed by atoms with Gasteiger partial charge in [-0.05, 0) is 69.9 Å². The second-order valence-corrected chi connectivity index (χ2v) is 8.19. The van der Waals surface area contributed by atoms with E-state index in [1.54, 1.807) is 12.4 Å².